The van der Waals surface area contributed by atoms with E-state index in [0.29, 0.717) is 23.5 Å². The monoisotopic (exact) mass is 557 g/mol. The topological polar surface area (TPSA) is 117 Å². The van der Waals surface area contributed by atoms with Crippen LogP contribution in [0.5, 0.6) is 5.75 Å². The molecule has 9 nitrogen and oxygen atoms in total. The van der Waals surface area contributed by atoms with Crippen LogP contribution in [0.25, 0.3) is 0 Å². The SMILES string of the molecule is COc1ccc(NC(=O)C2N([C@H](C)CO)C(=O)[C@@H]3[C@H](C(=O)Nc4ccccc4)[C@H]4OC23CC4Br)cc1. The van der Waals surface area contributed by atoms with Gasteiger partial charge in [-0.15, -0.1) is 0 Å². The number of carbonyl (C=O) groups excluding carboxylic acids is 3. The summed E-state index contributed by atoms with van der Waals surface area (Å²) in [5.74, 6) is -2.11. The van der Waals surface area contributed by atoms with Crippen molar-refractivity contribution in [3.63, 3.8) is 0 Å². The van der Waals surface area contributed by atoms with Gasteiger partial charge in [0.15, 0.2) is 0 Å². The molecule has 3 unspecified atom stereocenters. The van der Waals surface area contributed by atoms with Crippen molar-refractivity contribution in [3.05, 3.63) is 54.6 Å². The fourth-order valence-electron chi connectivity index (χ4n) is 5.86. The molecule has 36 heavy (non-hydrogen) atoms. The lowest BCUT2D eigenvalue weighted by atomic mass is 9.70. The van der Waals surface area contributed by atoms with Gasteiger partial charge >= 0.3 is 0 Å². The second-order valence-corrected chi connectivity index (χ2v) is 10.7. The number of aliphatic hydroxyl groups excluding tert-OH is 1. The number of nitrogens with one attached hydrogen (secondary N) is 2. The third kappa shape index (κ3) is 3.88. The maximum Gasteiger partial charge on any atom is 0.250 e. The van der Waals surface area contributed by atoms with E-state index in [2.05, 4.69) is 26.6 Å². The number of anilines is 2. The summed E-state index contributed by atoms with van der Waals surface area (Å²) in [7, 11) is 1.56. The molecule has 0 saturated carbocycles. The Morgan fingerprint density at radius 1 is 1.14 bits per heavy atom. The highest BCUT2D eigenvalue weighted by Gasteiger charge is 2.76. The van der Waals surface area contributed by atoms with Gasteiger partial charge in [-0.2, -0.15) is 0 Å². The van der Waals surface area contributed by atoms with Crippen molar-refractivity contribution in [1.29, 1.82) is 0 Å². The molecule has 3 heterocycles. The maximum absolute atomic E-state index is 13.8. The summed E-state index contributed by atoms with van der Waals surface area (Å²) in [6, 6.07) is 14.2. The maximum atomic E-state index is 13.8. The number of likely N-dealkylation sites (tertiary alicyclic amines) is 1. The lowest BCUT2D eigenvalue weighted by Gasteiger charge is -2.35. The Balaban J connectivity index is 1.49. The van der Waals surface area contributed by atoms with E-state index in [1.165, 1.54) is 4.90 Å². The number of para-hydroxylation sites is 1. The Labute approximate surface area is 217 Å². The van der Waals surface area contributed by atoms with Gasteiger partial charge in [-0.05, 0) is 49.7 Å². The highest BCUT2D eigenvalue weighted by Crippen LogP contribution is 2.60. The molecule has 3 amide bonds. The van der Waals surface area contributed by atoms with Crippen LogP contribution in [0.15, 0.2) is 54.6 Å². The van der Waals surface area contributed by atoms with Gasteiger partial charge in [0, 0.05) is 16.2 Å². The Kier molecular flexibility index (Phi) is 6.52. The van der Waals surface area contributed by atoms with Gasteiger partial charge in [0.1, 0.15) is 17.4 Å². The molecule has 2 bridgehead atoms. The van der Waals surface area contributed by atoms with Crippen molar-refractivity contribution in [2.45, 2.75) is 42.0 Å². The minimum Gasteiger partial charge on any atom is -0.497 e. The number of alkyl halides is 1. The number of methoxy groups -OCH3 is 1. The van der Waals surface area contributed by atoms with Crippen LogP contribution in [0, 0.1) is 11.8 Å². The van der Waals surface area contributed by atoms with Gasteiger partial charge in [-0.25, -0.2) is 0 Å². The molecule has 0 radical (unpaired) electrons. The zero-order valence-electron chi connectivity index (χ0n) is 19.9. The minimum atomic E-state index is -1.20. The average Bonchev–Trinajstić information content (AvgIpc) is 3.48. The number of aliphatic hydroxyl groups is 1. The van der Waals surface area contributed by atoms with Crippen LogP contribution >= 0.6 is 15.9 Å². The largest absolute Gasteiger partial charge is 0.497 e. The Hall–Kier alpha value is -2.95. The molecule has 3 N–H and O–H groups in total. The van der Waals surface area contributed by atoms with E-state index in [4.69, 9.17) is 9.47 Å². The van der Waals surface area contributed by atoms with Crippen molar-refractivity contribution < 1.29 is 29.0 Å². The van der Waals surface area contributed by atoms with E-state index >= 15 is 0 Å². The third-order valence-corrected chi connectivity index (χ3v) is 8.26. The first-order valence-electron chi connectivity index (χ1n) is 11.9. The summed E-state index contributed by atoms with van der Waals surface area (Å²) in [5, 5.41) is 15.7. The fraction of sp³-hybridized carbons (Fsp3) is 0.423. The van der Waals surface area contributed by atoms with Crippen molar-refractivity contribution in [3.8, 4) is 5.75 Å². The van der Waals surface area contributed by atoms with Gasteiger partial charge < -0.3 is 30.1 Å². The molecular formula is C26H28BrN3O6. The minimum absolute atomic E-state index is 0.214. The van der Waals surface area contributed by atoms with Crippen LogP contribution in [0.1, 0.15) is 13.3 Å². The van der Waals surface area contributed by atoms with E-state index in [1.54, 1.807) is 50.4 Å². The summed E-state index contributed by atoms with van der Waals surface area (Å²) >= 11 is 3.64. The van der Waals surface area contributed by atoms with Crippen molar-refractivity contribution in [2.75, 3.05) is 24.4 Å². The van der Waals surface area contributed by atoms with Crippen molar-refractivity contribution in [2.24, 2.45) is 11.8 Å². The Morgan fingerprint density at radius 2 is 1.78 bits per heavy atom. The first-order chi connectivity index (χ1) is 17.3. The third-order valence-electron chi connectivity index (χ3n) is 7.42. The molecule has 0 aliphatic carbocycles. The van der Waals surface area contributed by atoms with Crippen LogP contribution in [0.3, 0.4) is 0 Å². The predicted octanol–water partition coefficient (Wildman–Crippen LogP) is 2.40. The van der Waals surface area contributed by atoms with Gasteiger partial charge in [0.2, 0.25) is 17.7 Å². The van der Waals surface area contributed by atoms with Crippen molar-refractivity contribution >= 4 is 45.0 Å². The number of hydrogen-bond acceptors (Lipinski definition) is 6. The molecule has 0 aromatic heterocycles. The molecular weight excluding hydrogens is 530 g/mol. The smallest absolute Gasteiger partial charge is 0.250 e. The molecule has 3 aliphatic heterocycles. The zero-order valence-corrected chi connectivity index (χ0v) is 21.5. The van der Waals surface area contributed by atoms with Gasteiger partial charge in [-0.1, -0.05) is 34.1 Å². The summed E-state index contributed by atoms with van der Waals surface area (Å²) in [6.07, 6.45) is -0.177. The quantitative estimate of drug-likeness (QED) is 0.450. The number of ether oxygens (including phenoxy) is 2. The summed E-state index contributed by atoms with van der Waals surface area (Å²) in [5.41, 5.74) is -0.0505. The van der Waals surface area contributed by atoms with E-state index in [1.807, 2.05) is 18.2 Å². The average molecular weight is 558 g/mol. The molecule has 1 spiro atoms. The van der Waals surface area contributed by atoms with Gasteiger partial charge in [0.05, 0.1) is 37.7 Å². The second-order valence-electron chi connectivity index (χ2n) is 9.51. The summed E-state index contributed by atoms with van der Waals surface area (Å²) < 4.78 is 11.6. The van der Waals surface area contributed by atoms with E-state index in [0.717, 1.165) is 0 Å². The number of hydrogen-bond donors (Lipinski definition) is 3. The van der Waals surface area contributed by atoms with Gasteiger partial charge in [0.25, 0.3) is 0 Å². The highest BCUT2D eigenvalue weighted by molar-refractivity contribution is 9.09. The number of amides is 3. The second kappa shape index (κ2) is 9.49. The van der Waals surface area contributed by atoms with Crippen LogP contribution in [-0.2, 0) is 19.1 Å². The van der Waals surface area contributed by atoms with E-state index in [-0.39, 0.29) is 23.2 Å². The molecule has 3 saturated heterocycles. The number of rotatable bonds is 7. The van der Waals surface area contributed by atoms with E-state index in [9.17, 15) is 19.5 Å². The Morgan fingerprint density at radius 3 is 2.42 bits per heavy atom. The first kappa shape index (κ1) is 24.7. The number of nitrogens with zero attached hydrogens (tertiary/aromatic N) is 1. The predicted molar refractivity (Wildman–Crippen MR) is 136 cm³/mol. The van der Waals surface area contributed by atoms with Crippen LogP contribution in [0.4, 0.5) is 11.4 Å². The highest BCUT2D eigenvalue weighted by atomic mass is 79.9. The molecule has 7 atom stereocenters. The summed E-state index contributed by atoms with van der Waals surface area (Å²) in [6.45, 7) is 1.35. The molecule has 2 aromatic carbocycles. The number of halogens is 1. The van der Waals surface area contributed by atoms with Gasteiger partial charge in [-0.3, -0.25) is 14.4 Å². The lowest BCUT2D eigenvalue weighted by Crippen LogP contribution is -2.56. The first-order valence-corrected chi connectivity index (χ1v) is 12.8. The molecule has 3 aliphatic rings. The molecule has 3 fully saturated rings. The fourth-order valence-corrected chi connectivity index (χ4v) is 6.80. The molecule has 5 rings (SSSR count). The summed E-state index contributed by atoms with van der Waals surface area (Å²) in [4.78, 5) is 42.2. The molecule has 2 aromatic rings. The lowest BCUT2D eigenvalue weighted by molar-refractivity contribution is -0.142. The molecule has 10 heteroatoms. The normalized spacial score (nSPS) is 31.2. The zero-order chi connectivity index (χ0) is 25.6. The number of benzene rings is 2. The van der Waals surface area contributed by atoms with Crippen LogP contribution < -0.4 is 15.4 Å². The van der Waals surface area contributed by atoms with E-state index < -0.39 is 41.5 Å². The van der Waals surface area contributed by atoms with Crippen LogP contribution in [0.2, 0.25) is 0 Å². The number of fused-ring (bicyclic) bond motifs is 1. The molecule has 190 valence electrons. The Bertz CT molecular complexity index is 1160. The standard InChI is InChI=1S/C26H28BrN3O6/c1-14(13-31)30-22(24(33)29-16-8-10-17(35-2)11-9-16)26-12-18(27)21(36-26)19(20(26)25(30)34)23(32)28-15-6-4-3-5-7-15/h3-11,14,18-22,31H,12-13H2,1-2H3,(H,28,32)(H,29,33)/t14-,18?,19+,20+,21+,22?,26?/m1/s1. The number of carbonyl (C=O) groups is 3. The van der Waals surface area contributed by atoms with Crippen LogP contribution in [-0.4, -0.2) is 70.1 Å². The van der Waals surface area contributed by atoms with Crippen molar-refractivity contribution in [1.82, 2.24) is 4.90 Å².